The number of rotatable bonds is 22. The summed E-state index contributed by atoms with van der Waals surface area (Å²) in [6, 6.07) is 21.3. The fourth-order valence-electron chi connectivity index (χ4n) is 21.4. The fraction of sp³-hybridized carbons (Fsp3) is 0.571. The topological polar surface area (TPSA) is 335 Å². The molecule has 128 heavy (non-hydrogen) atoms. The molecule has 2 saturated heterocycles. The average Bonchev–Trinajstić information content (AvgIpc) is 1.57. The molecule has 20 atom stereocenters. The summed E-state index contributed by atoms with van der Waals surface area (Å²) < 4.78 is 134. The number of methoxy groups -OCH3 is 4. The molecule has 8 saturated carbocycles. The summed E-state index contributed by atoms with van der Waals surface area (Å²) in [4.78, 5) is 128. The van der Waals surface area contributed by atoms with E-state index in [0.29, 0.717) is 143 Å². The van der Waals surface area contributed by atoms with Gasteiger partial charge in [-0.3, -0.25) is 47.8 Å². The minimum atomic E-state index is -3.90. The minimum Gasteiger partial charge on any atom is -0.497 e. The van der Waals surface area contributed by atoms with Gasteiger partial charge in [0.25, 0.3) is 0 Å². The molecule has 12 aliphatic rings. The molecule has 10 fully saturated rings. The van der Waals surface area contributed by atoms with E-state index in [2.05, 4.69) is 23.3 Å². The van der Waals surface area contributed by atoms with Crippen LogP contribution in [0.15, 0.2) is 109 Å². The molecular weight excluding hydrogens is 1680 g/mol. The molecule has 4 aromatic carbocycles. The molecule has 4 aliphatic heterocycles. The number of allylic oxidation sites excluding steroid dienone is 4. The molecule has 0 radical (unpaired) electrons. The zero-order valence-electron chi connectivity index (χ0n) is 73.9. The third-order valence-electron chi connectivity index (χ3n) is 29.6. The third kappa shape index (κ3) is 19.5. The van der Waals surface area contributed by atoms with Crippen LogP contribution in [-0.2, 0) is 67.9 Å². The number of carbonyl (C=O) groups excluding carboxylic acids is 8. The fourth-order valence-corrected chi connectivity index (χ4v) is 24.2. The van der Waals surface area contributed by atoms with Gasteiger partial charge in [0.2, 0.25) is 55.4 Å². The van der Waals surface area contributed by atoms with Crippen molar-refractivity contribution in [2.75, 3.05) is 41.5 Å². The Morgan fingerprint density at radius 3 is 1.22 bits per heavy atom. The average molecular weight is 1800 g/mol. The number of hydrogen-bond donors (Lipinski definition) is 2. The number of benzene rings is 4. The van der Waals surface area contributed by atoms with Crippen molar-refractivity contribution in [3.8, 4) is 57.3 Å². The lowest BCUT2D eigenvalue weighted by molar-refractivity contribution is -0.155. The largest absolute Gasteiger partial charge is 0.497 e. The van der Waals surface area contributed by atoms with Crippen molar-refractivity contribution in [3.63, 3.8) is 0 Å². The monoisotopic (exact) mass is 1800 g/mol. The zero-order chi connectivity index (χ0) is 90.2. The van der Waals surface area contributed by atoms with E-state index >= 15 is 18.4 Å². The van der Waals surface area contributed by atoms with E-state index in [9.17, 15) is 45.6 Å². The Hall–Kier alpha value is -10.1. The van der Waals surface area contributed by atoms with Crippen molar-refractivity contribution < 1.29 is 102 Å². The normalized spacial score (nSPS) is 32.0. The Morgan fingerprint density at radius 1 is 0.469 bits per heavy atom. The van der Waals surface area contributed by atoms with Crippen LogP contribution in [0.1, 0.15) is 182 Å². The number of carbonyl (C=O) groups is 8. The maximum Gasteiger partial charge on any atom is 0.306 e. The number of pyridine rings is 2. The van der Waals surface area contributed by atoms with Crippen LogP contribution in [0.3, 0.4) is 0 Å². The predicted molar refractivity (Wildman–Crippen MR) is 470 cm³/mol. The van der Waals surface area contributed by atoms with Gasteiger partial charge in [-0.25, -0.2) is 35.6 Å². The number of nitrogens with one attached hydrogen (secondary N) is 2. The summed E-state index contributed by atoms with van der Waals surface area (Å²) in [6.45, 7) is 8.18. The van der Waals surface area contributed by atoms with E-state index in [-0.39, 0.29) is 146 Å². The number of sulfonamides is 2. The number of ether oxygens (including phenoxy) is 8. The highest BCUT2D eigenvalue weighted by atomic mass is 32.2. The van der Waals surface area contributed by atoms with Gasteiger partial charge < -0.3 is 47.7 Å². The number of fused-ring (bicyclic) bond motifs is 8. The minimum absolute atomic E-state index is 0.0195. The smallest absolute Gasteiger partial charge is 0.306 e. The van der Waals surface area contributed by atoms with Crippen molar-refractivity contribution in [2.24, 2.45) is 81.8 Å². The standard InChI is InChI=1S/2C49H58FN3O10S/c2*1-27-7-5-6-8-33-24-49(33,48(57)52-64(58,59)37-11-12-37)25-43(54)42-22-36(26-53(42)47(56)39(28(2)15-27)23-45(55)62-35-17-30-16-31(30)18-35)63-46-38-13-10-34(60-3)19-32(38)21-41(51-46)29-9-14-44(61-4)40(50)20-29/h2*6,8-10,13-14,19-21,27-28,30-31,33,35-37,39,42H,5,7,11-12,15-18,22-26H2,1-4H3,(H,52,57)/b2*8-6-/t27-,28+,30-,31+,33+,35?,36+,39-,42-,49+;27-,28-,30-,31+,33-,35?,36-,39+,42+,49-/m01/s1. The first-order chi connectivity index (χ1) is 61.3. The Kier molecular flexibility index (Phi) is 25.5. The van der Waals surface area contributed by atoms with Crippen molar-refractivity contribution in [1.82, 2.24) is 29.2 Å². The molecule has 0 spiro atoms. The van der Waals surface area contributed by atoms with Crippen LogP contribution >= 0.6 is 0 Å². The molecule has 2 aromatic heterocycles. The van der Waals surface area contributed by atoms with E-state index in [0.717, 1.165) is 38.5 Å². The second-order valence-electron chi connectivity index (χ2n) is 39.0. The summed E-state index contributed by atoms with van der Waals surface area (Å²) in [5.41, 5.74) is -0.866. The quantitative estimate of drug-likeness (QED) is 0.0471. The van der Waals surface area contributed by atoms with Gasteiger partial charge >= 0.3 is 11.9 Å². The molecule has 6 heterocycles. The number of esters is 2. The molecule has 6 aromatic rings. The van der Waals surface area contributed by atoms with Crippen LogP contribution in [0.2, 0.25) is 0 Å². The lowest BCUT2D eigenvalue weighted by atomic mass is 9.82. The van der Waals surface area contributed by atoms with Crippen LogP contribution in [0.4, 0.5) is 8.78 Å². The van der Waals surface area contributed by atoms with Gasteiger partial charge in [0.05, 0.1) is 111 Å². The van der Waals surface area contributed by atoms with E-state index in [1.165, 1.54) is 61.1 Å². The highest BCUT2D eigenvalue weighted by Gasteiger charge is 2.64. The summed E-state index contributed by atoms with van der Waals surface area (Å²) in [5.74, 6) is -3.15. The van der Waals surface area contributed by atoms with Crippen molar-refractivity contribution >= 4 is 88.7 Å². The van der Waals surface area contributed by atoms with Crippen LogP contribution in [0.25, 0.3) is 44.1 Å². The maximum atomic E-state index is 15.2. The van der Waals surface area contributed by atoms with E-state index in [1.54, 1.807) is 62.8 Å². The van der Waals surface area contributed by atoms with Gasteiger partial charge in [0.15, 0.2) is 34.7 Å². The summed E-state index contributed by atoms with van der Waals surface area (Å²) in [7, 11) is -1.92. The van der Waals surface area contributed by atoms with E-state index in [1.807, 2.05) is 50.3 Å². The molecule has 18 rings (SSSR count). The molecule has 26 nitrogen and oxygen atoms in total. The zero-order valence-corrected chi connectivity index (χ0v) is 75.5. The van der Waals surface area contributed by atoms with Gasteiger partial charge in [-0.05, 0) is 270 Å². The van der Waals surface area contributed by atoms with Gasteiger partial charge in [-0.15, -0.1) is 0 Å². The second kappa shape index (κ2) is 36.3. The van der Waals surface area contributed by atoms with Crippen LogP contribution < -0.4 is 37.9 Å². The summed E-state index contributed by atoms with van der Waals surface area (Å²) >= 11 is 0. The van der Waals surface area contributed by atoms with Crippen LogP contribution in [0, 0.1) is 93.5 Å². The van der Waals surface area contributed by atoms with Crippen molar-refractivity contribution in [2.45, 2.75) is 229 Å². The second-order valence-corrected chi connectivity index (χ2v) is 42.9. The number of ketones is 2. The number of halogens is 2. The Balaban J connectivity index is 0.000000180. The number of Topliss-reactive ketones (excluding diaryl/α,β-unsaturated/α-hetero) is 2. The lowest BCUT2D eigenvalue weighted by Crippen LogP contribution is -2.47. The van der Waals surface area contributed by atoms with Gasteiger partial charge in [-0.1, -0.05) is 52.0 Å². The highest BCUT2D eigenvalue weighted by Crippen LogP contribution is 2.60. The van der Waals surface area contributed by atoms with Crippen LogP contribution in [0.5, 0.6) is 34.8 Å². The van der Waals surface area contributed by atoms with Gasteiger partial charge in [0.1, 0.15) is 35.9 Å². The molecule has 8 aliphatic carbocycles. The molecule has 2 N–H and O–H groups in total. The molecule has 684 valence electrons. The lowest BCUT2D eigenvalue weighted by Gasteiger charge is -2.32. The SMILES string of the molecule is COc1ccc2c(O[C@@H]3C[C@H]4C(=O)C[C@]5(C(=O)NS(=O)(=O)C6CC6)C[C@H]5/C=C\CC[C@@H](C)C[C@@H](C)[C@H](CC(=O)OC5C[C@@H]6C[C@@H]6C5)C(=O)N4C3)nc(-c3ccc(OC)c(F)c3)cc2c1.COc1ccc2c(O[C@@H]3C[C@H]4C(=O)C[C@]5(C(=O)NS(=O)(=O)C6CC6)C[C@H]5/C=C\CC[C@H](C)C[C@@H](C)[C@H](CC(=O)OC5C[C@@H]6C[C@@H]6C5)C(=O)N4C3)nc(-c3ccc(OC)c(F)c3)cc2c1. The highest BCUT2D eigenvalue weighted by molar-refractivity contribution is 7.91. The van der Waals surface area contributed by atoms with E-state index < -0.39 is 113 Å². The molecule has 2 unspecified atom stereocenters. The number of hydrogen-bond acceptors (Lipinski definition) is 22. The van der Waals surface area contributed by atoms with E-state index in [4.69, 9.17) is 47.9 Å². The first kappa shape index (κ1) is 89.9. The number of amides is 4. The van der Waals surface area contributed by atoms with Crippen molar-refractivity contribution in [1.29, 1.82) is 0 Å². The van der Waals surface area contributed by atoms with Crippen molar-refractivity contribution in [3.05, 3.63) is 121 Å². The Morgan fingerprint density at radius 2 is 0.859 bits per heavy atom. The Bertz CT molecular complexity index is 5310. The summed E-state index contributed by atoms with van der Waals surface area (Å²) in [6.07, 6.45) is 17.9. The van der Waals surface area contributed by atoms with Gasteiger partial charge in [-0.2, -0.15) is 0 Å². The Labute approximate surface area is 745 Å². The van der Waals surface area contributed by atoms with Gasteiger partial charge in [0, 0.05) is 47.6 Å². The third-order valence-corrected chi connectivity index (χ3v) is 33.2. The molecular formula is C98H116F2N6O20S2. The molecule has 4 amide bonds. The maximum absolute atomic E-state index is 15.2. The first-order valence-corrected chi connectivity index (χ1v) is 48.9. The molecule has 0 bridgehead atoms. The predicted octanol–water partition coefficient (Wildman–Crippen LogP) is 14.7. The number of nitrogens with zero attached hydrogens (tertiary/aromatic N) is 4. The summed E-state index contributed by atoms with van der Waals surface area (Å²) in [5, 5.41) is 1.37. The van der Waals surface area contributed by atoms with Crippen LogP contribution in [-0.4, -0.2) is 172 Å². The first-order valence-electron chi connectivity index (χ1n) is 45.8. The molecule has 30 heteroatoms. The number of aromatic nitrogens is 2.